The summed E-state index contributed by atoms with van der Waals surface area (Å²) < 4.78 is 0. The number of aromatic nitrogens is 2. The number of fused-ring (bicyclic) bond motifs is 1. The Morgan fingerprint density at radius 2 is 2.25 bits per heavy atom. The van der Waals surface area contributed by atoms with Gasteiger partial charge in [-0.1, -0.05) is 13.8 Å². The highest BCUT2D eigenvalue weighted by atomic mass is 16.1. The molecule has 1 heterocycles. The first kappa shape index (κ1) is 11.2. The predicted octanol–water partition coefficient (Wildman–Crippen LogP) is 1.72. The van der Waals surface area contributed by atoms with E-state index in [9.17, 15) is 4.79 Å². The highest BCUT2D eigenvalue weighted by Gasteiger charge is 2.16. The Labute approximate surface area is 95.5 Å². The first-order chi connectivity index (χ1) is 7.66. The Morgan fingerprint density at radius 3 is 3.00 bits per heavy atom. The third-order valence-electron chi connectivity index (χ3n) is 2.96. The van der Waals surface area contributed by atoms with Crippen molar-refractivity contribution in [2.45, 2.75) is 39.5 Å². The van der Waals surface area contributed by atoms with E-state index in [-0.39, 0.29) is 5.56 Å². The Balaban J connectivity index is 2.06. The van der Waals surface area contributed by atoms with Crippen LogP contribution in [0.3, 0.4) is 0 Å². The molecule has 0 radical (unpaired) electrons. The normalized spacial score (nSPS) is 14.2. The first-order valence-electron chi connectivity index (χ1n) is 6.02. The van der Waals surface area contributed by atoms with Gasteiger partial charge < -0.3 is 5.32 Å². The van der Waals surface area contributed by atoms with Crippen LogP contribution in [-0.4, -0.2) is 16.5 Å². The van der Waals surface area contributed by atoms with Gasteiger partial charge in [-0.25, -0.2) is 4.98 Å². The van der Waals surface area contributed by atoms with Gasteiger partial charge >= 0.3 is 0 Å². The molecule has 1 aliphatic carbocycles. The van der Waals surface area contributed by atoms with E-state index in [1.807, 2.05) is 0 Å². The van der Waals surface area contributed by atoms with E-state index in [1.54, 1.807) is 0 Å². The van der Waals surface area contributed by atoms with Crippen molar-refractivity contribution >= 4 is 5.95 Å². The molecule has 1 aromatic rings. The molecule has 16 heavy (non-hydrogen) atoms. The van der Waals surface area contributed by atoms with Crippen LogP contribution in [0.5, 0.6) is 0 Å². The summed E-state index contributed by atoms with van der Waals surface area (Å²) in [5, 5.41) is 3.18. The van der Waals surface area contributed by atoms with Crippen molar-refractivity contribution in [1.82, 2.24) is 9.97 Å². The lowest BCUT2D eigenvalue weighted by atomic mass is 10.1. The van der Waals surface area contributed by atoms with Gasteiger partial charge in [0.05, 0.1) is 5.69 Å². The zero-order valence-corrected chi connectivity index (χ0v) is 9.97. The van der Waals surface area contributed by atoms with Crippen LogP contribution < -0.4 is 10.9 Å². The van der Waals surface area contributed by atoms with E-state index in [0.29, 0.717) is 11.9 Å². The van der Waals surface area contributed by atoms with Gasteiger partial charge in [0.25, 0.3) is 5.56 Å². The van der Waals surface area contributed by atoms with Crippen LogP contribution in [0.1, 0.15) is 37.9 Å². The number of nitrogens with one attached hydrogen (secondary N) is 2. The Morgan fingerprint density at radius 1 is 1.44 bits per heavy atom. The second-order valence-electron chi connectivity index (χ2n) is 4.80. The Kier molecular flexibility index (Phi) is 3.27. The van der Waals surface area contributed by atoms with Crippen LogP contribution in [0.2, 0.25) is 0 Å². The maximum absolute atomic E-state index is 11.7. The quantitative estimate of drug-likeness (QED) is 0.814. The predicted molar refractivity (Wildman–Crippen MR) is 64.8 cm³/mol. The molecule has 0 aliphatic heterocycles. The molecule has 1 aliphatic rings. The van der Waals surface area contributed by atoms with Gasteiger partial charge in [0, 0.05) is 12.1 Å². The van der Waals surface area contributed by atoms with Crippen LogP contribution in [0.4, 0.5) is 5.95 Å². The van der Waals surface area contributed by atoms with Crippen molar-refractivity contribution in [2.24, 2.45) is 5.92 Å². The van der Waals surface area contributed by atoms with Crippen molar-refractivity contribution in [1.29, 1.82) is 0 Å². The topological polar surface area (TPSA) is 57.8 Å². The van der Waals surface area contributed by atoms with Gasteiger partial charge in [-0.05, 0) is 31.6 Å². The molecule has 4 nitrogen and oxygen atoms in total. The molecule has 0 fully saturated rings. The van der Waals surface area contributed by atoms with Crippen molar-refractivity contribution in [3.05, 3.63) is 21.6 Å². The minimum Gasteiger partial charge on any atom is -0.356 e. The maximum atomic E-state index is 11.7. The summed E-state index contributed by atoms with van der Waals surface area (Å²) in [4.78, 5) is 18.9. The van der Waals surface area contributed by atoms with Crippen molar-refractivity contribution in [3.8, 4) is 0 Å². The fourth-order valence-corrected chi connectivity index (χ4v) is 2.00. The Bertz CT molecular complexity index is 423. The third-order valence-corrected chi connectivity index (χ3v) is 2.96. The van der Waals surface area contributed by atoms with E-state index in [4.69, 9.17) is 0 Å². The minimum atomic E-state index is 0.0366. The zero-order valence-electron chi connectivity index (χ0n) is 9.97. The third kappa shape index (κ3) is 2.43. The number of aryl methyl sites for hydroxylation is 1. The van der Waals surface area contributed by atoms with Crippen LogP contribution in [0, 0.1) is 5.92 Å². The van der Waals surface area contributed by atoms with Crippen molar-refractivity contribution in [3.63, 3.8) is 0 Å². The van der Waals surface area contributed by atoms with Gasteiger partial charge in [0.15, 0.2) is 0 Å². The number of nitrogens with zero attached hydrogens (tertiary/aromatic N) is 1. The molecule has 4 heteroatoms. The summed E-state index contributed by atoms with van der Waals surface area (Å²) in [7, 11) is 0. The fraction of sp³-hybridized carbons (Fsp3) is 0.667. The van der Waals surface area contributed by atoms with Crippen molar-refractivity contribution < 1.29 is 0 Å². The van der Waals surface area contributed by atoms with E-state index >= 15 is 0 Å². The SMILES string of the molecule is CC(C)CCNc1nc2c(c(=O)[nH]1)CCC2. The van der Waals surface area contributed by atoms with Crippen LogP contribution >= 0.6 is 0 Å². The molecule has 0 unspecified atom stereocenters. The molecule has 1 aromatic heterocycles. The average Bonchev–Trinajstić information content (AvgIpc) is 2.65. The maximum Gasteiger partial charge on any atom is 0.255 e. The zero-order chi connectivity index (χ0) is 11.5. The van der Waals surface area contributed by atoms with Gasteiger partial charge in [-0.2, -0.15) is 0 Å². The summed E-state index contributed by atoms with van der Waals surface area (Å²) in [6, 6.07) is 0. The first-order valence-corrected chi connectivity index (χ1v) is 6.02. The molecule has 0 spiro atoms. The summed E-state index contributed by atoms with van der Waals surface area (Å²) >= 11 is 0. The molecule has 2 rings (SSSR count). The molecule has 0 saturated heterocycles. The van der Waals surface area contributed by atoms with Gasteiger partial charge in [-0.15, -0.1) is 0 Å². The van der Waals surface area contributed by atoms with E-state index in [2.05, 4.69) is 29.1 Å². The standard InChI is InChI=1S/C12H19N3O/c1-8(2)6-7-13-12-14-10-5-3-4-9(10)11(16)15-12/h8H,3-7H2,1-2H3,(H2,13,14,15,16). The van der Waals surface area contributed by atoms with E-state index in [1.165, 1.54) is 0 Å². The second kappa shape index (κ2) is 4.68. The van der Waals surface area contributed by atoms with Gasteiger partial charge in [-0.3, -0.25) is 9.78 Å². The highest BCUT2D eigenvalue weighted by molar-refractivity contribution is 5.31. The molecule has 0 saturated carbocycles. The average molecular weight is 221 g/mol. The lowest BCUT2D eigenvalue weighted by molar-refractivity contribution is 0.605. The van der Waals surface area contributed by atoms with E-state index < -0.39 is 0 Å². The van der Waals surface area contributed by atoms with Gasteiger partial charge in [0.2, 0.25) is 5.95 Å². The summed E-state index contributed by atoms with van der Waals surface area (Å²) in [5.74, 6) is 1.29. The molecule has 88 valence electrons. The van der Waals surface area contributed by atoms with Gasteiger partial charge in [0.1, 0.15) is 0 Å². The highest BCUT2D eigenvalue weighted by Crippen LogP contribution is 2.16. The Hall–Kier alpha value is -1.32. The molecular weight excluding hydrogens is 202 g/mol. The summed E-state index contributed by atoms with van der Waals surface area (Å²) in [6.45, 7) is 5.22. The van der Waals surface area contributed by atoms with Crippen LogP contribution in [0.15, 0.2) is 4.79 Å². The number of H-pyrrole nitrogens is 1. The monoisotopic (exact) mass is 221 g/mol. The van der Waals surface area contributed by atoms with Crippen LogP contribution in [0.25, 0.3) is 0 Å². The number of anilines is 1. The molecule has 2 N–H and O–H groups in total. The summed E-state index contributed by atoms with van der Waals surface area (Å²) in [6.07, 6.45) is 3.96. The molecule has 0 aromatic carbocycles. The number of aromatic amines is 1. The van der Waals surface area contributed by atoms with Crippen LogP contribution in [-0.2, 0) is 12.8 Å². The minimum absolute atomic E-state index is 0.0366. The molecule has 0 bridgehead atoms. The number of rotatable bonds is 4. The smallest absolute Gasteiger partial charge is 0.255 e. The largest absolute Gasteiger partial charge is 0.356 e. The number of hydrogen-bond acceptors (Lipinski definition) is 3. The van der Waals surface area contributed by atoms with E-state index in [0.717, 1.165) is 43.5 Å². The fourth-order valence-electron chi connectivity index (χ4n) is 2.00. The second-order valence-corrected chi connectivity index (χ2v) is 4.80. The lowest BCUT2D eigenvalue weighted by Crippen LogP contribution is -2.18. The lowest BCUT2D eigenvalue weighted by Gasteiger charge is -2.08. The van der Waals surface area contributed by atoms with Crippen molar-refractivity contribution in [2.75, 3.05) is 11.9 Å². The number of hydrogen-bond donors (Lipinski definition) is 2. The molecule has 0 amide bonds. The summed E-state index contributed by atoms with van der Waals surface area (Å²) in [5.41, 5.74) is 1.90. The molecule has 0 atom stereocenters. The molecular formula is C12H19N3O.